The van der Waals surface area contributed by atoms with E-state index in [0.29, 0.717) is 46.4 Å². The Morgan fingerprint density at radius 2 is 1.95 bits per heavy atom. The lowest BCUT2D eigenvalue weighted by Crippen LogP contribution is -2.33. The maximum absolute atomic E-state index is 15.5. The number of aromatic carboxylic acids is 1. The number of carbonyl (C=O) groups excluding carboxylic acids is 1. The van der Waals surface area contributed by atoms with Gasteiger partial charge in [-0.05, 0) is 42.0 Å². The van der Waals surface area contributed by atoms with Gasteiger partial charge in [0, 0.05) is 23.7 Å². The van der Waals surface area contributed by atoms with E-state index >= 15 is 4.39 Å². The first-order valence-corrected chi connectivity index (χ1v) is 13.9. The number of imidazole rings is 1. The third-order valence-electron chi connectivity index (χ3n) is 6.69. The number of benzene rings is 2. The molecule has 1 atom stereocenters. The van der Waals surface area contributed by atoms with Gasteiger partial charge in [0.2, 0.25) is 11.8 Å². The van der Waals surface area contributed by atoms with Gasteiger partial charge in [-0.15, -0.1) is 0 Å². The van der Waals surface area contributed by atoms with Crippen molar-refractivity contribution in [2.24, 2.45) is 11.8 Å². The Morgan fingerprint density at radius 1 is 1.21 bits per heavy atom. The number of ether oxygens (including phenoxy) is 1. The number of hydrogen-bond acceptors (Lipinski definition) is 5. The first kappa shape index (κ1) is 30.2. The third kappa shape index (κ3) is 7.62. The van der Waals surface area contributed by atoms with E-state index in [1.165, 1.54) is 19.2 Å². The van der Waals surface area contributed by atoms with Gasteiger partial charge >= 0.3 is 5.97 Å². The van der Waals surface area contributed by atoms with Crippen molar-refractivity contribution in [2.75, 3.05) is 12.9 Å². The van der Waals surface area contributed by atoms with E-state index in [-0.39, 0.29) is 30.5 Å². The Morgan fingerprint density at radius 3 is 2.56 bits per heavy atom. The molecule has 1 unspecified atom stereocenters. The number of unbranched alkanes of at least 4 members (excludes halogenated alkanes) is 1. The molecule has 0 spiro atoms. The third-order valence-corrected chi connectivity index (χ3v) is 7.13. The van der Waals surface area contributed by atoms with Gasteiger partial charge in [-0.1, -0.05) is 57.5 Å². The SMILES string of the molecule is CCCCc1nc(OC)c(CNC(=O)C(CS)CC(C)C)n1Cc1ccc(-c2ccccc2C(=O)O)cc1F. The number of methoxy groups -OCH3 is 1. The van der Waals surface area contributed by atoms with Crippen molar-refractivity contribution in [1.82, 2.24) is 14.9 Å². The quantitative estimate of drug-likeness (QED) is 0.212. The van der Waals surface area contributed by atoms with Crippen LogP contribution in [0.15, 0.2) is 42.5 Å². The van der Waals surface area contributed by atoms with Crippen LogP contribution in [0, 0.1) is 17.7 Å². The molecular weight excluding hydrogens is 517 g/mol. The Balaban J connectivity index is 1.94. The summed E-state index contributed by atoms with van der Waals surface area (Å²) in [5.41, 5.74) is 2.14. The van der Waals surface area contributed by atoms with Gasteiger partial charge in [0.1, 0.15) is 17.3 Å². The molecule has 0 aliphatic rings. The Labute approximate surface area is 235 Å². The second-order valence-electron chi connectivity index (χ2n) is 10.1. The van der Waals surface area contributed by atoms with Gasteiger partial charge < -0.3 is 19.7 Å². The van der Waals surface area contributed by atoms with Crippen LogP contribution in [0.4, 0.5) is 4.39 Å². The predicted octanol–water partition coefficient (Wildman–Crippen LogP) is 6.00. The zero-order valence-electron chi connectivity index (χ0n) is 23.0. The molecule has 9 heteroatoms. The molecule has 0 aliphatic heterocycles. The summed E-state index contributed by atoms with van der Waals surface area (Å²) >= 11 is 4.36. The summed E-state index contributed by atoms with van der Waals surface area (Å²) in [7, 11) is 1.53. The van der Waals surface area contributed by atoms with Crippen molar-refractivity contribution < 1.29 is 23.8 Å². The highest BCUT2D eigenvalue weighted by molar-refractivity contribution is 7.80. The number of rotatable bonds is 14. The lowest BCUT2D eigenvalue weighted by Gasteiger charge is -2.18. The van der Waals surface area contributed by atoms with E-state index < -0.39 is 11.8 Å². The number of carbonyl (C=O) groups is 2. The first-order valence-electron chi connectivity index (χ1n) is 13.3. The molecule has 1 aromatic heterocycles. The highest BCUT2D eigenvalue weighted by atomic mass is 32.1. The summed E-state index contributed by atoms with van der Waals surface area (Å²) < 4.78 is 22.9. The molecule has 210 valence electrons. The number of nitrogens with one attached hydrogen (secondary N) is 1. The van der Waals surface area contributed by atoms with Crippen LogP contribution in [0.25, 0.3) is 11.1 Å². The maximum Gasteiger partial charge on any atom is 0.336 e. The largest absolute Gasteiger partial charge is 0.480 e. The lowest BCUT2D eigenvalue weighted by atomic mass is 9.98. The van der Waals surface area contributed by atoms with Crippen LogP contribution in [0.3, 0.4) is 0 Å². The van der Waals surface area contributed by atoms with Crippen LogP contribution >= 0.6 is 12.6 Å². The van der Waals surface area contributed by atoms with Gasteiger partial charge in [-0.3, -0.25) is 4.79 Å². The number of amides is 1. The number of aryl methyl sites for hydroxylation is 1. The van der Waals surface area contributed by atoms with Crippen molar-refractivity contribution >= 4 is 24.5 Å². The average Bonchev–Trinajstić information content (AvgIpc) is 3.25. The highest BCUT2D eigenvalue weighted by Crippen LogP contribution is 2.28. The van der Waals surface area contributed by atoms with Gasteiger partial charge in [-0.2, -0.15) is 17.6 Å². The molecule has 2 N–H and O–H groups in total. The minimum absolute atomic E-state index is 0.0868. The summed E-state index contributed by atoms with van der Waals surface area (Å²) in [6.45, 7) is 6.61. The summed E-state index contributed by atoms with van der Waals surface area (Å²) in [5.74, 6) is 0.146. The number of carboxylic acids is 1. The summed E-state index contributed by atoms with van der Waals surface area (Å²) in [5, 5.41) is 12.5. The number of hydrogen-bond donors (Lipinski definition) is 3. The fourth-order valence-corrected chi connectivity index (χ4v) is 4.96. The van der Waals surface area contributed by atoms with Crippen LogP contribution in [0.5, 0.6) is 5.88 Å². The van der Waals surface area contributed by atoms with Crippen molar-refractivity contribution in [3.05, 3.63) is 70.9 Å². The smallest absolute Gasteiger partial charge is 0.336 e. The number of nitrogens with zero attached hydrogens (tertiary/aromatic N) is 2. The second-order valence-corrected chi connectivity index (χ2v) is 10.4. The van der Waals surface area contributed by atoms with Crippen LogP contribution in [-0.2, 0) is 24.3 Å². The van der Waals surface area contributed by atoms with E-state index in [1.807, 2.05) is 4.57 Å². The molecule has 0 bridgehead atoms. The van der Waals surface area contributed by atoms with Crippen LogP contribution in [-0.4, -0.2) is 39.4 Å². The van der Waals surface area contributed by atoms with Gasteiger partial charge in [0.25, 0.3) is 0 Å². The minimum atomic E-state index is -1.07. The lowest BCUT2D eigenvalue weighted by molar-refractivity contribution is -0.125. The van der Waals surface area contributed by atoms with Crippen molar-refractivity contribution in [2.45, 2.75) is 59.5 Å². The number of carboxylic acid groups (broad SMARTS) is 1. The normalized spacial score (nSPS) is 12.0. The van der Waals surface area contributed by atoms with Crippen LogP contribution < -0.4 is 10.1 Å². The summed E-state index contributed by atoms with van der Waals surface area (Å²) in [4.78, 5) is 29.2. The molecule has 39 heavy (non-hydrogen) atoms. The molecule has 0 saturated heterocycles. The summed E-state index contributed by atoms with van der Waals surface area (Å²) in [6.07, 6.45) is 3.27. The van der Waals surface area contributed by atoms with Gasteiger partial charge in [0.15, 0.2) is 0 Å². The van der Waals surface area contributed by atoms with Crippen LogP contribution in [0.1, 0.15) is 67.5 Å². The van der Waals surface area contributed by atoms with Crippen LogP contribution in [0.2, 0.25) is 0 Å². The zero-order chi connectivity index (χ0) is 28.5. The summed E-state index contributed by atoms with van der Waals surface area (Å²) in [6, 6.07) is 11.3. The molecule has 1 heterocycles. The molecule has 2 aromatic carbocycles. The minimum Gasteiger partial charge on any atom is -0.480 e. The monoisotopic (exact) mass is 555 g/mol. The van der Waals surface area contributed by atoms with E-state index in [1.54, 1.807) is 30.3 Å². The number of aromatic nitrogens is 2. The number of thiol groups is 1. The molecule has 0 fully saturated rings. The molecule has 0 saturated carbocycles. The maximum atomic E-state index is 15.5. The van der Waals surface area contributed by atoms with Crippen molar-refractivity contribution in [3.8, 4) is 17.0 Å². The second kappa shape index (κ2) is 14.2. The van der Waals surface area contributed by atoms with Crippen molar-refractivity contribution in [1.29, 1.82) is 0 Å². The van der Waals surface area contributed by atoms with Gasteiger partial charge in [-0.25, -0.2) is 9.18 Å². The molecule has 0 radical (unpaired) electrons. The van der Waals surface area contributed by atoms with E-state index in [2.05, 4.69) is 43.7 Å². The Bertz CT molecular complexity index is 1290. The molecular formula is C30H38FN3O4S. The fraction of sp³-hybridized carbons (Fsp3) is 0.433. The molecule has 3 aromatic rings. The molecule has 0 aliphatic carbocycles. The predicted molar refractivity (Wildman–Crippen MR) is 154 cm³/mol. The fourth-order valence-electron chi connectivity index (χ4n) is 4.64. The van der Waals surface area contributed by atoms with Crippen molar-refractivity contribution in [3.63, 3.8) is 0 Å². The highest BCUT2D eigenvalue weighted by Gasteiger charge is 2.23. The zero-order valence-corrected chi connectivity index (χ0v) is 23.9. The first-order chi connectivity index (χ1) is 18.7. The standard InChI is InChI=1S/C30H38FN3O4S/c1-5-6-11-27-33-29(38-4)26(16-32-28(35)22(18-39)14-19(2)3)34(27)17-21-13-12-20(15-25(21)31)23-9-7-8-10-24(23)30(36)37/h7-10,12-13,15,19,22,39H,5-6,11,14,16-18H2,1-4H3,(H,32,35)(H,36,37). The Kier molecular flexibility index (Phi) is 11.0. The number of halogens is 1. The van der Waals surface area contributed by atoms with E-state index in [9.17, 15) is 14.7 Å². The Hall–Kier alpha value is -3.33. The molecule has 7 nitrogen and oxygen atoms in total. The average molecular weight is 556 g/mol. The molecule has 3 rings (SSSR count). The van der Waals surface area contributed by atoms with Gasteiger partial charge in [0.05, 0.1) is 25.8 Å². The van der Waals surface area contributed by atoms with E-state index in [4.69, 9.17) is 4.74 Å². The van der Waals surface area contributed by atoms with E-state index in [0.717, 1.165) is 25.1 Å². The topological polar surface area (TPSA) is 93.5 Å². The molecule has 1 amide bonds.